The summed E-state index contributed by atoms with van der Waals surface area (Å²) < 4.78 is 2.47. The highest BCUT2D eigenvalue weighted by atomic mass is 16.2. The number of carbonyl (C=O) groups is 1. The van der Waals surface area contributed by atoms with Crippen LogP contribution in [-0.2, 0) is 18.4 Å². The van der Waals surface area contributed by atoms with Gasteiger partial charge in [0.05, 0.1) is 6.04 Å². The maximum absolute atomic E-state index is 12.0. The van der Waals surface area contributed by atoms with Gasteiger partial charge >= 0.3 is 5.69 Å². The van der Waals surface area contributed by atoms with Crippen LogP contribution < -0.4 is 11.0 Å². The highest BCUT2D eigenvalue weighted by Gasteiger charge is 2.12. The molecule has 0 fully saturated rings. The van der Waals surface area contributed by atoms with Crippen LogP contribution in [0.4, 0.5) is 0 Å². The lowest BCUT2D eigenvalue weighted by Gasteiger charge is -2.15. The first-order chi connectivity index (χ1) is 9.88. The van der Waals surface area contributed by atoms with Crippen LogP contribution in [0.15, 0.2) is 29.3 Å². The number of hydrogen-bond acceptors (Lipinski definition) is 3. The molecule has 1 aromatic heterocycles. The van der Waals surface area contributed by atoms with Gasteiger partial charge in [-0.3, -0.25) is 9.36 Å². The lowest BCUT2D eigenvalue weighted by Crippen LogP contribution is -2.33. The molecule has 0 aliphatic rings. The number of nitrogens with one attached hydrogen (secondary N) is 1. The second kappa shape index (κ2) is 5.95. The first kappa shape index (κ1) is 15.0. The standard InChI is InChI=1S/C15H20N4O2/c1-10-5-6-13(7-11(10)2)12(3)17-14(20)8-19-9-16-18(4)15(19)21/h5-7,9,12H,8H2,1-4H3,(H,17,20)/t12-/m0/s1. The molecule has 112 valence electrons. The molecule has 6 heteroatoms. The molecule has 2 rings (SSSR count). The number of nitrogens with zero attached hydrogens (tertiary/aromatic N) is 3. The topological polar surface area (TPSA) is 68.9 Å². The van der Waals surface area contributed by atoms with E-state index in [4.69, 9.17) is 0 Å². The molecule has 0 saturated heterocycles. The van der Waals surface area contributed by atoms with E-state index >= 15 is 0 Å². The summed E-state index contributed by atoms with van der Waals surface area (Å²) in [7, 11) is 1.55. The van der Waals surface area contributed by atoms with Crippen molar-refractivity contribution in [1.29, 1.82) is 0 Å². The first-order valence-electron chi connectivity index (χ1n) is 6.83. The van der Waals surface area contributed by atoms with Gasteiger partial charge in [0, 0.05) is 7.05 Å². The number of carbonyl (C=O) groups excluding carboxylic acids is 1. The minimum Gasteiger partial charge on any atom is -0.348 e. The maximum atomic E-state index is 12.0. The molecular formula is C15H20N4O2. The van der Waals surface area contributed by atoms with Crippen molar-refractivity contribution in [3.8, 4) is 0 Å². The largest absolute Gasteiger partial charge is 0.348 e. The van der Waals surface area contributed by atoms with E-state index in [9.17, 15) is 9.59 Å². The van der Waals surface area contributed by atoms with E-state index in [0.29, 0.717) is 0 Å². The van der Waals surface area contributed by atoms with E-state index in [0.717, 1.165) is 5.56 Å². The normalized spacial score (nSPS) is 12.2. The van der Waals surface area contributed by atoms with Crippen molar-refractivity contribution in [3.05, 3.63) is 51.7 Å². The average Bonchev–Trinajstić information content (AvgIpc) is 2.73. The van der Waals surface area contributed by atoms with Crippen molar-refractivity contribution in [2.24, 2.45) is 7.05 Å². The Morgan fingerprint density at radius 1 is 1.33 bits per heavy atom. The minimum absolute atomic E-state index is 0.0259. The molecule has 0 radical (unpaired) electrons. The average molecular weight is 288 g/mol. The van der Waals surface area contributed by atoms with Crippen LogP contribution in [0.5, 0.6) is 0 Å². The molecule has 0 bridgehead atoms. The zero-order chi connectivity index (χ0) is 15.6. The maximum Gasteiger partial charge on any atom is 0.345 e. The molecule has 1 atom stereocenters. The highest BCUT2D eigenvalue weighted by Crippen LogP contribution is 2.16. The molecule has 0 unspecified atom stereocenters. The molecule has 2 aromatic rings. The third kappa shape index (κ3) is 3.39. The summed E-state index contributed by atoms with van der Waals surface area (Å²) in [5.74, 6) is -0.212. The zero-order valence-corrected chi connectivity index (χ0v) is 12.8. The van der Waals surface area contributed by atoms with Crippen LogP contribution in [0.3, 0.4) is 0 Å². The van der Waals surface area contributed by atoms with Gasteiger partial charge in [-0.1, -0.05) is 18.2 Å². The molecule has 6 nitrogen and oxygen atoms in total. The van der Waals surface area contributed by atoms with Gasteiger partial charge in [-0.05, 0) is 37.5 Å². The monoisotopic (exact) mass is 288 g/mol. The Morgan fingerprint density at radius 3 is 2.62 bits per heavy atom. The highest BCUT2D eigenvalue weighted by molar-refractivity contribution is 5.76. The number of benzene rings is 1. The van der Waals surface area contributed by atoms with Gasteiger partial charge in [0.15, 0.2) is 0 Å². The molecule has 0 aliphatic heterocycles. The summed E-state index contributed by atoms with van der Waals surface area (Å²) in [6, 6.07) is 6.00. The third-order valence-electron chi connectivity index (χ3n) is 3.61. The van der Waals surface area contributed by atoms with Crippen LogP contribution in [0, 0.1) is 13.8 Å². The summed E-state index contributed by atoms with van der Waals surface area (Å²) in [5.41, 5.74) is 3.16. The summed E-state index contributed by atoms with van der Waals surface area (Å²) >= 11 is 0. The van der Waals surface area contributed by atoms with E-state index in [1.54, 1.807) is 7.05 Å². The van der Waals surface area contributed by atoms with E-state index in [2.05, 4.69) is 23.4 Å². The van der Waals surface area contributed by atoms with Crippen LogP contribution in [0.1, 0.15) is 29.7 Å². The Labute approximate surface area is 123 Å². The van der Waals surface area contributed by atoms with Gasteiger partial charge in [-0.2, -0.15) is 5.10 Å². The summed E-state index contributed by atoms with van der Waals surface area (Å²) in [6.45, 7) is 6.00. The van der Waals surface area contributed by atoms with Gasteiger partial charge in [-0.25, -0.2) is 9.48 Å². The fraction of sp³-hybridized carbons (Fsp3) is 0.400. The zero-order valence-electron chi connectivity index (χ0n) is 12.8. The second-order valence-electron chi connectivity index (χ2n) is 5.30. The van der Waals surface area contributed by atoms with E-state index < -0.39 is 0 Å². The van der Waals surface area contributed by atoms with Crippen LogP contribution >= 0.6 is 0 Å². The Hall–Kier alpha value is -2.37. The van der Waals surface area contributed by atoms with Gasteiger partial charge in [0.25, 0.3) is 0 Å². The summed E-state index contributed by atoms with van der Waals surface area (Å²) in [5, 5.41) is 6.71. The van der Waals surface area contributed by atoms with Crippen molar-refractivity contribution in [1.82, 2.24) is 19.7 Å². The van der Waals surface area contributed by atoms with Crippen LogP contribution in [-0.4, -0.2) is 20.3 Å². The molecule has 1 aromatic carbocycles. The number of rotatable bonds is 4. The molecular weight excluding hydrogens is 268 g/mol. The predicted molar refractivity (Wildman–Crippen MR) is 79.9 cm³/mol. The van der Waals surface area contributed by atoms with Gasteiger partial charge < -0.3 is 5.32 Å². The van der Waals surface area contributed by atoms with Gasteiger partial charge in [0.1, 0.15) is 12.9 Å². The summed E-state index contributed by atoms with van der Waals surface area (Å²) in [6.07, 6.45) is 1.36. The predicted octanol–water partition coefficient (Wildman–Crippen LogP) is 1.08. The molecule has 0 spiro atoms. The van der Waals surface area contributed by atoms with Crippen LogP contribution in [0.2, 0.25) is 0 Å². The molecule has 0 aliphatic carbocycles. The Morgan fingerprint density at radius 2 is 2.05 bits per heavy atom. The SMILES string of the molecule is Cc1ccc([C@H](C)NC(=O)Cn2cnn(C)c2=O)cc1C. The van der Waals surface area contributed by atoms with Crippen LogP contribution in [0.25, 0.3) is 0 Å². The molecule has 1 amide bonds. The van der Waals surface area contributed by atoms with Crippen molar-refractivity contribution in [2.75, 3.05) is 0 Å². The third-order valence-corrected chi connectivity index (χ3v) is 3.61. The van der Waals surface area contributed by atoms with Crippen molar-refractivity contribution >= 4 is 5.91 Å². The van der Waals surface area contributed by atoms with E-state index in [1.165, 1.54) is 26.7 Å². The molecule has 21 heavy (non-hydrogen) atoms. The minimum atomic E-state index is -0.302. The van der Waals surface area contributed by atoms with E-state index in [-0.39, 0.29) is 24.2 Å². The summed E-state index contributed by atoms with van der Waals surface area (Å²) in [4.78, 5) is 23.6. The second-order valence-corrected chi connectivity index (χ2v) is 5.30. The molecule has 1 heterocycles. The van der Waals surface area contributed by atoms with Crippen molar-refractivity contribution < 1.29 is 4.79 Å². The Kier molecular flexibility index (Phi) is 4.26. The number of aryl methyl sites for hydroxylation is 3. The van der Waals surface area contributed by atoms with Crippen molar-refractivity contribution in [3.63, 3.8) is 0 Å². The van der Waals surface area contributed by atoms with Crippen molar-refractivity contribution in [2.45, 2.75) is 33.4 Å². The molecule has 1 N–H and O–H groups in total. The number of amides is 1. The quantitative estimate of drug-likeness (QED) is 0.915. The Bertz CT molecular complexity index is 715. The van der Waals surface area contributed by atoms with Gasteiger partial charge in [-0.15, -0.1) is 0 Å². The van der Waals surface area contributed by atoms with Gasteiger partial charge in [0.2, 0.25) is 5.91 Å². The van der Waals surface area contributed by atoms with E-state index in [1.807, 2.05) is 26.0 Å². The fourth-order valence-corrected chi connectivity index (χ4v) is 2.09. The fourth-order valence-electron chi connectivity index (χ4n) is 2.09. The lowest BCUT2D eigenvalue weighted by molar-refractivity contribution is -0.122. The first-order valence-corrected chi connectivity index (χ1v) is 6.83. The molecule has 0 saturated carbocycles. The number of hydrogen-bond donors (Lipinski definition) is 1. The Balaban J connectivity index is 2.03. The number of aromatic nitrogens is 3. The lowest BCUT2D eigenvalue weighted by atomic mass is 10.0. The smallest absolute Gasteiger partial charge is 0.345 e.